The largest absolute Gasteiger partial charge is 0.455 e. The minimum absolute atomic E-state index is 0.0102. The van der Waals surface area contributed by atoms with E-state index in [0.717, 1.165) is 10.0 Å². The molecule has 0 amide bonds. The lowest BCUT2D eigenvalue weighted by molar-refractivity contribution is -0.384. The highest BCUT2D eigenvalue weighted by Gasteiger charge is 2.14. The molecule has 0 saturated heterocycles. The number of non-ortho nitro benzene ring substituents is 1. The second kappa shape index (κ2) is 7.31. The molecule has 0 aliphatic heterocycles. The van der Waals surface area contributed by atoms with E-state index in [-0.39, 0.29) is 18.1 Å². The van der Waals surface area contributed by atoms with Crippen LogP contribution in [0.4, 0.5) is 5.69 Å². The topological polar surface area (TPSA) is 82.6 Å². The van der Waals surface area contributed by atoms with Crippen molar-refractivity contribution in [2.75, 3.05) is 0 Å². The van der Waals surface area contributed by atoms with Gasteiger partial charge in [0, 0.05) is 22.2 Å². The fourth-order valence-corrected chi connectivity index (χ4v) is 2.64. The first-order valence-electron chi connectivity index (χ1n) is 7.29. The van der Waals surface area contributed by atoms with Crippen LogP contribution in [0.1, 0.15) is 16.1 Å². The van der Waals surface area contributed by atoms with Crippen LogP contribution in [0.15, 0.2) is 69.6 Å². The Labute approximate surface area is 151 Å². The van der Waals surface area contributed by atoms with Gasteiger partial charge in [0.1, 0.15) is 12.4 Å². The minimum atomic E-state index is -0.576. The molecule has 1 aromatic heterocycles. The first-order valence-corrected chi connectivity index (χ1v) is 8.08. The van der Waals surface area contributed by atoms with E-state index in [1.807, 2.05) is 24.3 Å². The number of nitro groups is 1. The van der Waals surface area contributed by atoms with Gasteiger partial charge in [-0.15, -0.1) is 0 Å². The molecule has 0 aliphatic carbocycles. The number of carbonyl (C=O) groups excluding carboxylic acids is 1. The quantitative estimate of drug-likeness (QED) is 0.342. The summed E-state index contributed by atoms with van der Waals surface area (Å²) in [4.78, 5) is 22.3. The summed E-state index contributed by atoms with van der Waals surface area (Å²) < 4.78 is 11.6. The first-order chi connectivity index (χ1) is 12.0. The van der Waals surface area contributed by atoms with Gasteiger partial charge in [-0.3, -0.25) is 10.1 Å². The van der Waals surface area contributed by atoms with Crippen molar-refractivity contribution in [3.63, 3.8) is 0 Å². The molecule has 3 rings (SSSR count). The van der Waals surface area contributed by atoms with Crippen molar-refractivity contribution in [1.29, 1.82) is 0 Å². The maximum atomic E-state index is 12.1. The van der Waals surface area contributed by atoms with Crippen molar-refractivity contribution in [2.24, 2.45) is 0 Å². The number of nitrogens with zero attached hydrogens (tertiary/aromatic N) is 1. The maximum absolute atomic E-state index is 12.1. The fourth-order valence-electron chi connectivity index (χ4n) is 2.20. The van der Waals surface area contributed by atoms with Crippen LogP contribution in [-0.2, 0) is 11.3 Å². The zero-order chi connectivity index (χ0) is 17.8. The SMILES string of the molecule is O=C(OCc1cccc(Br)c1)c1ccc(-c2ccc([N+](=O)[O-])cc2)o1. The molecule has 25 heavy (non-hydrogen) atoms. The van der Waals surface area contributed by atoms with Crippen LogP contribution in [0.2, 0.25) is 0 Å². The van der Waals surface area contributed by atoms with E-state index in [9.17, 15) is 14.9 Å². The highest BCUT2D eigenvalue weighted by Crippen LogP contribution is 2.25. The van der Waals surface area contributed by atoms with Gasteiger partial charge < -0.3 is 9.15 Å². The molecule has 0 fully saturated rings. The number of halogens is 1. The molecule has 0 saturated carbocycles. The Morgan fingerprint density at radius 3 is 2.56 bits per heavy atom. The number of carbonyl (C=O) groups is 1. The van der Waals surface area contributed by atoms with Gasteiger partial charge in [-0.2, -0.15) is 0 Å². The molecular formula is C18H12BrNO5. The summed E-state index contributed by atoms with van der Waals surface area (Å²) in [5.41, 5.74) is 1.48. The molecule has 6 nitrogen and oxygen atoms in total. The highest BCUT2D eigenvalue weighted by molar-refractivity contribution is 9.10. The lowest BCUT2D eigenvalue weighted by atomic mass is 10.1. The Morgan fingerprint density at radius 1 is 1.12 bits per heavy atom. The zero-order valence-corrected chi connectivity index (χ0v) is 14.4. The summed E-state index contributed by atoms with van der Waals surface area (Å²) in [5, 5.41) is 10.7. The summed E-state index contributed by atoms with van der Waals surface area (Å²) in [6, 6.07) is 16.5. The smallest absolute Gasteiger partial charge is 0.374 e. The molecular weight excluding hydrogens is 390 g/mol. The number of ether oxygens (including phenoxy) is 1. The number of esters is 1. The zero-order valence-electron chi connectivity index (χ0n) is 12.8. The summed E-state index contributed by atoms with van der Waals surface area (Å²) in [5.74, 6) is -0.0687. The molecule has 126 valence electrons. The van der Waals surface area contributed by atoms with Gasteiger partial charge in [0.15, 0.2) is 0 Å². The van der Waals surface area contributed by atoms with Crippen LogP contribution in [0.5, 0.6) is 0 Å². The summed E-state index contributed by atoms with van der Waals surface area (Å²) >= 11 is 3.36. The number of hydrogen-bond acceptors (Lipinski definition) is 5. The lowest BCUT2D eigenvalue weighted by Gasteiger charge is -2.03. The molecule has 2 aromatic carbocycles. The maximum Gasteiger partial charge on any atom is 0.374 e. The molecule has 0 radical (unpaired) electrons. The Hall–Kier alpha value is -2.93. The Balaban J connectivity index is 1.68. The van der Waals surface area contributed by atoms with Crippen LogP contribution in [0.3, 0.4) is 0 Å². The monoisotopic (exact) mass is 401 g/mol. The fraction of sp³-hybridized carbons (Fsp3) is 0.0556. The predicted molar refractivity (Wildman–Crippen MR) is 94.1 cm³/mol. The van der Waals surface area contributed by atoms with E-state index < -0.39 is 10.9 Å². The van der Waals surface area contributed by atoms with E-state index in [0.29, 0.717) is 11.3 Å². The van der Waals surface area contributed by atoms with Crippen molar-refractivity contribution >= 4 is 27.6 Å². The van der Waals surface area contributed by atoms with Crippen LogP contribution >= 0.6 is 15.9 Å². The van der Waals surface area contributed by atoms with Crippen molar-refractivity contribution in [3.8, 4) is 11.3 Å². The van der Waals surface area contributed by atoms with Crippen LogP contribution in [-0.4, -0.2) is 10.9 Å². The van der Waals surface area contributed by atoms with Gasteiger partial charge in [-0.1, -0.05) is 28.1 Å². The van der Waals surface area contributed by atoms with Crippen molar-refractivity contribution in [3.05, 3.63) is 86.6 Å². The summed E-state index contributed by atoms with van der Waals surface area (Å²) in [7, 11) is 0. The van der Waals surface area contributed by atoms with Gasteiger partial charge in [0.2, 0.25) is 5.76 Å². The predicted octanol–water partition coefficient (Wildman–Crippen LogP) is 4.97. The third-order valence-electron chi connectivity index (χ3n) is 3.43. The number of hydrogen-bond donors (Lipinski definition) is 0. The number of benzene rings is 2. The van der Waals surface area contributed by atoms with Gasteiger partial charge >= 0.3 is 5.97 Å². The third-order valence-corrected chi connectivity index (χ3v) is 3.92. The average Bonchev–Trinajstić information content (AvgIpc) is 3.10. The molecule has 3 aromatic rings. The number of nitro benzene ring substituents is 1. The molecule has 0 bridgehead atoms. The molecule has 0 atom stereocenters. The van der Waals surface area contributed by atoms with Gasteiger partial charge in [0.25, 0.3) is 5.69 Å². The molecule has 1 heterocycles. The van der Waals surface area contributed by atoms with Gasteiger partial charge in [-0.25, -0.2) is 4.79 Å². The lowest BCUT2D eigenvalue weighted by Crippen LogP contribution is -2.03. The van der Waals surface area contributed by atoms with E-state index >= 15 is 0 Å². The average molecular weight is 402 g/mol. The Bertz CT molecular complexity index is 917. The molecule has 0 spiro atoms. The first kappa shape index (κ1) is 16.9. The van der Waals surface area contributed by atoms with Crippen LogP contribution in [0, 0.1) is 10.1 Å². The molecule has 0 aliphatic rings. The third kappa shape index (κ3) is 4.13. The summed E-state index contributed by atoms with van der Waals surface area (Å²) in [6.45, 7) is 0.131. The van der Waals surface area contributed by atoms with Crippen LogP contribution in [0.25, 0.3) is 11.3 Å². The second-order valence-electron chi connectivity index (χ2n) is 5.17. The van der Waals surface area contributed by atoms with Crippen LogP contribution < -0.4 is 0 Å². The second-order valence-corrected chi connectivity index (χ2v) is 6.09. The molecule has 7 heteroatoms. The highest BCUT2D eigenvalue weighted by atomic mass is 79.9. The standard InChI is InChI=1S/C18H12BrNO5/c19-14-3-1-2-12(10-14)11-24-18(21)17-9-8-16(25-17)13-4-6-15(7-5-13)20(22)23/h1-10H,11H2. The van der Waals surface area contributed by atoms with Crippen molar-refractivity contribution in [2.45, 2.75) is 6.61 Å². The normalized spacial score (nSPS) is 10.4. The minimum Gasteiger partial charge on any atom is -0.455 e. The Morgan fingerprint density at radius 2 is 1.88 bits per heavy atom. The number of rotatable bonds is 5. The van der Waals surface area contributed by atoms with E-state index in [1.165, 1.54) is 18.2 Å². The van der Waals surface area contributed by atoms with Crippen molar-refractivity contribution < 1.29 is 18.9 Å². The Kier molecular flexibility index (Phi) is 4.95. The molecule has 0 unspecified atom stereocenters. The molecule has 0 N–H and O–H groups in total. The van der Waals surface area contributed by atoms with Gasteiger partial charge in [-0.05, 0) is 42.0 Å². The van der Waals surface area contributed by atoms with E-state index in [4.69, 9.17) is 9.15 Å². The number of furan rings is 1. The van der Waals surface area contributed by atoms with E-state index in [2.05, 4.69) is 15.9 Å². The van der Waals surface area contributed by atoms with Crippen molar-refractivity contribution in [1.82, 2.24) is 0 Å². The summed E-state index contributed by atoms with van der Waals surface area (Å²) in [6.07, 6.45) is 0. The van der Waals surface area contributed by atoms with Gasteiger partial charge in [0.05, 0.1) is 4.92 Å². The van der Waals surface area contributed by atoms with E-state index in [1.54, 1.807) is 18.2 Å².